The summed E-state index contributed by atoms with van der Waals surface area (Å²) in [6.45, 7) is 6.76. The minimum atomic E-state index is -3.21. The van der Waals surface area contributed by atoms with E-state index in [1.54, 1.807) is 0 Å². The predicted molar refractivity (Wildman–Crippen MR) is 119 cm³/mol. The summed E-state index contributed by atoms with van der Waals surface area (Å²) in [5, 5.41) is 6.34. The standard InChI is InChI=1S/C16H32N4O2S2.HI/c1-3-17-15(19-13-16(2)8-5-10-23-16)18-9-11-24(21,22)20-12-14-6-4-7-14;/h14,20H,3-13H2,1-2H3,(H2,17,18,19);1H. The van der Waals surface area contributed by atoms with E-state index in [9.17, 15) is 8.42 Å². The Bertz CT molecular complexity index is 518. The number of guanidine groups is 1. The minimum Gasteiger partial charge on any atom is -0.357 e. The average molecular weight is 505 g/mol. The van der Waals surface area contributed by atoms with E-state index >= 15 is 0 Å². The molecule has 1 saturated carbocycles. The molecule has 148 valence electrons. The van der Waals surface area contributed by atoms with E-state index in [1.165, 1.54) is 25.0 Å². The Morgan fingerprint density at radius 1 is 1.28 bits per heavy atom. The zero-order chi connectivity index (χ0) is 17.5. The number of aliphatic imine (C=N–C) groups is 1. The van der Waals surface area contributed by atoms with E-state index in [0.29, 0.717) is 25.0 Å². The highest BCUT2D eigenvalue weighted by molar-refractivity contribution is 14.0. The zero-order valence-corrected chi connectivity index (χ0v) is 19.3. The summed E-state index contributed by atoms with van der Waals surface area (Å²) in [7, 11) is -3.21. The molecule has 1 atom stereocenters. The van der Waals surface area contributed by atoms with Gasteiger partial charge in [0.25, 0.3) is 0 Å². The molecule has 0 aromatic rings. The third-order valence-electron chi connectivity index (χ3n) is 4.70. The van der Waals surface area contributed by atoms with E-state index in [0.717, 1.165) is 25.9 Å². The second kappa shape index (κ2) is 11.2. The largest absolute Gasteiger partial charge is 0.357 e. The first-order valence-electron chi connectivity index (χ1n) is 9.06. The summed E-state index contributed by atoms with van der Waals surface area (Å²) in [6, 6.07) is 0. The van der Waals surface area contributed by atoms with Crippen LogP contribution in [-0.2, 0) is 10.0 Å². The summed E-state index contributed by atoms with van der Waals surface area (Å²) in [4.78, 5) is 4.64. The summed E-state index contributed by atoms with van der Waals surface area (Å²) in [6.07, 6.45) is 5.98. The molecule has 1 saturated heterocycles. The van der Waals surface area contributed by atoms with Crippen molar-refractivity contribution < 1.29 is 8.42 Å². The first kappa shape index (κ1) is 23.3. The van der Waals surface area contributed by atoms with Gasteiger partial charge in [0.15, 0.2) is 5.96 Å². The van der Waals surface area contributed by atoms with Gasteiger partial charge in [-0.05, 0) is 51.2 Å². The summed E-state index contributed by atoms with van der Waals surface area (Å²) < 4.78 is 27.0. The van der Waals surface area contributed by atoms with Gasteiger partial charge in [-0.25, -0.2) is 13.1 Å². The topological polar surface area (TPSA) is 82.6 Å². The number of rotatable bonds is 9. The second-order valence-electron chi connectivity index (χ2n) is 6.99. The number of halogens is 1. The van der Waals surface area contributed by atoms with Gasteiger partial charge in [0, 0.05) is 24.4 Å². The van der Waals surface area contributed by atoms with Gasteiger partial charge in [-0.3, -0.25) is 4.99 Å². The Morgan fingerprint density at radius 3 is 2.60 bits per heavy atom. The molecule has 2 aliphatic rings. The average Bonchev–Trinajstić information content (AvgIpc) is 2.90. The van der Waals surface area contributed by atoms with Crippen molar-refractivity contribution in [2.75, 3.05) is 37.7 Å². The van der Waals surface area contributed by atoms with E-state index in [-0.39, 0.29) is 34.5 Å². The van der Waals surface area contributed by atoms with Crippen LogP contribution in [0.5, 0.6) is 0 Å². The van der Waals surface area contributed by atoms with Crippen molar-refractivity contribution in [3.63, 3.8) is 0 Å². The van der Waals surface area contributed by atoms with E-state index in [1.807, 2.05) is 18.7 Å². The molecule has 0 bridgehead atoms. The van der Waals surface area contributed by atoms with Gasteiger partial charge in [-0.1, -0.05) is 6.42 Å². The third kappa shape index (κ3) is 8.66. The van der Waals surface area contributed by atoms with E-state index < -0.39 is 10.0 Å². The Balaban J connectivity index is 0.00000312. The number of thioether (sulfide) groups is 1. The van der Waals surface area contributed by atoms with Crippen molar-refractivity contribution in [3.05, 3.63) is 0 Å². The molecule has 1 unspecified atom stereocenters. The van der Waals surface area contributed by atoms with E-state index in [2.05, 4.69) is 27.3 Å². The molecule has 0 aromatic carbocycles. The van der Waals surface area contributed by atoms with Gasteiger partial charge < -0.3 is 10.6 Å². The molecule has 0 amide bonds. The van der Waals surface area contributed by atoms with Gasteiger partial charge in [0.1, 0.15) is 0 Å². The zero-order valence-electron chi connectivity index (χ0n) is 15.3. The molecule has 0 radical (unpaired) electrons. The number of nitrogens with one attached hydrogen (secondary N) is 3. The highest BCUT2D eigenvalue weighted by Crippen LogP contribution is 2.37. The molecule has 3 N–H and O–H groups in total. The lowest BCUT2D eigenvalue weighted by Gasteiger charge is -2.25. The summed E-state index contributed by atoms with van der Waals surface area (Å²) in [5.41, 5.74) is 0. The van der Waals surface area contributed by atoms with Gasteiger partial charge in [-0.15, -0.1) is 24.0 Å². The van der Waals surface area contributed by atoms with Crippen molar-refractivity contribution in [1.82, 2.24) is 15.4 Å². The Kier molecular flexibility index (Phi) is 10.4. The lowest BCUT2D eigenvalue weighted by atomic mass is 9.86. The monoisotopic (exact) mass is 504 g/mol. The Morgan fingerprint density at radius 2 is 2.04 bits per heavy atom. The van der Waals surface area contributed by atoms with Gasteiger partial charge in [-0.2, -0.15) is 11.8 Å². The fourth-order valence-corrected chi connectivity index (χ4v) is 5.10. The van der Waals surface area contributed by atoms with Crippen LogP contribution in [-0.4, -0.2) is 56.8 Å². The summed E-state index contributed by atoms with van der Waals surface area (Å²) >= 11 is 1.98. The van der Waals surface area contributed by atoms with Crippen LogP contribution in [0, 0.1) is 5.92 Å². The van der Waals surface area contributed by atoms with Crippen LogP contribution in [0.25, 0.3) is 0 Å². The lowest BCUT2D eigenvalue weighted by Crippen LogP contribution is -2.42. The van der Waals surface area contributed by atoms with E-state index in [4.69, 9.17) is 0 Å². The maximum absolute atomic E-state index is 12.0. The van der Waals surface area contributed by atoms with Gasteiger partial charge in [0.2, 0.25) is 10.0 Å². The lowest BCUT2D eigenvalue weighted by molar-refractivity contribution is 0.316. The normalized spacial score (nSPS) is 24.5. The quantitative estimate of drug-likeness (QED) is 0.255. The molecular weight excluding hydrogens is 471 g/mol. The van der Waals surface area contributed by atoms with Crippen LogP contribution in [0.3, 0.4) is 0 Å². The Labute approximate surface area is 174 Å². The highest BCUT2D eigenvalue weighted by atomic mass is 127. The number of hydrogen-bond donors (Lipinski definition) is 3. The van der Waals surface area contributed by atoms with Crippen LogP contribution in [0.2, 0.25) is 0 Å². The molecule has 9 heteroatoms. The molecule has 6 nitrogen and oxygen atoms in total. The van der Waals surface area contributed by atoms with Crippen LogP contribution >= 0.6 is 35.7 Å². The fraction of sp³-hybridized carbons (Fsp3) is 0.938. The fourth-order valence-electron chi connectivity index (χ4n) is 2.87. The molecule has 1 heterocycles. The van der Waals surface area contributed by atoms with Gasteiger partial charge in [0.05, 0.1) is 12.3 Å². The molecule has 0 aromatic heterocycles. The molecule has 25 heavy (non-hydrogen) atoms. The molecule has 2 rings (SSSR count). The van der Waals surface area contributed by atoms with Crippen molar-refractivity contribution in [2.45, 2.75) is 50.7 Å². The maximum Gasteiger partial charge on any atom is 0.213 e. The number of nitrogens with zero attached hydrogens (tertiary/aromatic N) is 1. The van der Waals surface area contributed by atoms with Crippen molar-refractivity contribution in [3.8, 4) is 0 Å². The molecule has 0 spiro atoms. The first-order chi connectivity index (χ1) is 11.4. The predicted octanol–water partition coefficient (Wildman–Crippen LogP) is 2.16. The Hall–Kier alpha value is 0.260. The molecule has 1 aliphatic heterocycles. The molecular formula is C16H33IN4O2S2. The van der Waals surface area contributed by atoms with Crippen LogP contribution in [0.1, 0.15) is 46.0 Å². The second-order valence-corrected chi connectivity index (χ2v) is 10.6. The smallest absolute Gasteiger partial charge is 0.213 e. The summed E-state index contributed by atoms with van der Waals surface area (Å²) in [5.74, 6) is 2.54. The molecule has 2 fully saturated rings. The first-order valence-corrected chi connectivity index (χ1v) is 11.7. The van der Waals surface area contributed by atoms with Crippen molar-refractivity contribution >= 4 is 51.7 Å². The number of sulfonamides is 1. The van der Waals surface area contributed by atoms with Crippen molar-refractivity contribution in [2.24, 2.45) is 10.9 Å². The number of hydrogen-bond acceptors (Lipinski definition) is 4. The van der Waals surface area contributed by atoms with Crippen LogP contribution in [0.15, 0.2) is 4.99 Å². The minimum absolute atomic E-state index is 0. The maximum atomic E-state index is 12.0. The van der Waals surface area contributed by atoms with Crippen LogP contribution in [0.4, 0.5) is 0 Å². The SMILES string of the molecule is CCNC(=NCC1(C)CCCS1)NCCS(=O)(=O)NCC1CCC1.I. The molecule has 1 aliphatic carbocycles. The van der Waals surface area contributed by atoms with Gasteiger partial charge >= 0.3 is 0 Å². The highest BCUT2D eigenvalue weighted by Gasteiger charge is 2.29. The van der Waals surface area contributed by atoms with Crippen LogP contribution < -0.4 is 15.4 Å². The van der Waals surface area contributed by atoms with Crippen molar-refractivity contribution in [1.29, 1.82) is 0 Å². The third-order valence-corrected chi connectivity index (χ3v) is 7.57.